The zero-order chi connectivity index (χ0) is 39.5. The number of esters is 1. The predicted molar refractivity (Wildman–Crippen MR) is 196 cm³/mol. The van der Waals surface area contributed by atoms with Crippen molar-refractivity contribution in [2.45, 2.75) is 99.5 Å². The van der Waals surface area contributed by atoms with E-state index in [1.54, 1.807) is 94.4 Å². The Bertz CT molecular complexity index is 1920. The zero-order valence-electron chi connectivity index (χ0n) is 32.2. The number of ether oxygens (including phenoxy) is 4. The number of hydrogen-bond acceptors (Lipinski definition) is 11. The average Bonchev–Trinajstić information content (AvgIpc) is 3.69. The van der Waals surface area contributed by atoms with E-state index >= 15 is 0 Å². The van der Waals surface area contributed by atoms with Crippen LogP contribution in [0.25, 0.3) is 22.9 Å². The Labute approximate surface area is 308 Å². The highest BCUT2D eigenvalue weighted by Crippen LogP contribution is 2.35. The summed E-state index contributed by atoms with van der Waals surface area (Å²) in [7, 11) is 0. The van der Waals surface area contributed by atoms with Crippen molar-refractivity contribution in [2.24, 2.45) is 0 Å². The third kappa shape index (κ3) is 10.9. The van der Waals surface area contributed by atoms with Crippen molar-refractivity contribution in [3.05, 3.63) is 52.7 Å². The highest BCUT2D eigenvalue weighted by atomic mass is 16.6. The van der Waals surface area contributed by atoms with Crippen LogP contribution < -0.4 is 10.6 Å². The molecule has 4 heterocycles. The summed E-state index contributed by atoms with van der Waals surface area (Å²) < 4.78 is 22.8. The van der Waals surface area contributed by atoms with Crippen LogP contribution in [0.4, 0.5) is 20.1 Å². The molecule has 0 bridgehead atoms. The molecule has 0 aromatic carbocycles. The number of alkyl carbamates (subject to hydrolysis) is 1. The van der Waals surface area contributed by atoms with Crippen molar-refractivity contribution in [2.75, 3.05) is 25.0 Å². The topological polar surface area (TPSA) is 196 Å². The summed E-state index contributed by atoms with van der Waals surface area (Å²) >= 11 is 0. The second-order valence-electron chi connectivity index (χ2n) is 15.3. The molecule has 1 aliphatic rings. The fourth-order valence-electron chi connectivity index (χ4n) is 5.08. The zero-order valence-corrected chi connectivity index (χ0v) is 32.2. The van der Waals surface area contributed by atoms with Crippen molar-refractivity contribution < 1.29 is 42.9 Å². The molecule has 4 rings (SSSR count). The SMILES string of the molecule is CCOC(=O)c1cc(C)[nH]c1/C=C1\C(=O)Nc2ccc(-c3cn(C(=O)OC(C)(C)C)nc3CN(CCNC(=O)OC(C)(C)C)C(=O)OC(C)(C)C)nc21. The number of anilines is 1. The Hall–Kier alpha value is -5.67. The Balaban J connectivity index is 1.77. The number of nitrogens with zero attached hydrogens (tertiary/aromatic N) is 4. The molecule has 0 aliphatic carbocycles. The lowest BCUT2D eigenvalue weighted by Gasteiger charge is -2.27. The Kier molecular flexibility index (Phi) is 11.7. The molecule has 16 heteroatoms. The Morgan fingerprint density at radius 3 is 2.25 bits per heavy atom. The van der Waals surface area contributed by atoms with Crippen LogP contribution in [0.1, 0.15) is 102 Å². The molecule has 0 saturated carbocycles. The molecule has 0 radical (unpaired) electrons. The first kappa shape index (κ1) is 40.1. The van der Waals surface area contributed by atoms with Gasteiger partial charge in [-0.1, -0.05) is 0 Å². The van der Waals surface area contributed by atoms with Crippen molar-refractivity contribution in [3.8, 4) is 11.3 Å². The van der Waals surface area contributed by atoms with Gasteiger partial charge >= 0.3 is 24.2 Å². The first-order valence-corrected chi connectivity index (χ1v) is 17.2. The second-order valence-corrected chi connectivity index (χ2v) is 15.3. The number of nitrogens with one attached hydrogen (secondary N) is 3. The van der Waals surface area contributed by atoms with Crippen molar-refractivity contribution in [1.82, 2.24) is 30.0 Å². The summed E-state index contributed by atoms with van der Waals surface area (Å²) in [5, 5.41) is 9.96. The van der Waals surface area contributed by atoms with Crippen LogP contribution in [0.2, 0.25) is 0 Å². The fraction of sp³-hybridized carbons (Fsp3) is 0.486. The number of aryl methyl sites for hydroxylation is 1. The predicted octanol–water partition coefficient (Wildman–Crippen LogP) is 6.30. The second kappa shape index (κ2) is 15.5. The number of amides is 3. The number of fused-ring (bicyclic) bond motifs is 1. The fourth-order valence-corrected chi connectivity index (χ4v) is 5.08. The standard InChI is InChI=1S/C37H49N7O9/c1-12-50-31(46)22-17-21(2)39-27(22)18-23-29-26(41-30(23)45)14-13-25(40-29)24-19-44(34(49)53-37(9,10)11)42-28(24)20-43(33(48)52-36(6,7)8)16-15-38-32(47)51-35(3,4)5/h13-14,17-19,39H,12,15-16,20H2,1-11H3,(H,38,47)(H,41,45)/b23-18-. The molecule has 0 saturated heterocycles. The monoisotopic (exact) mass is 735 g/mol. The molecule has 1 aliphatic heterocycles. The van der Waals surface area contributed by atoms with Crippen LogP contribution in [-0.2, 0) is 30.3 Å². The van der Waals surface area contributed by atoms with Gasteiger partial charge in [-0.25, -0.2) is 24.2 Å². The van der Waals surface area contributed by atoms with E-state index in [1.165, 1.54) is 17.2 Å². The molecule has 0 fully saturated rings. The van der Waals surface area contributed by atoms with Crippen LogP contribution in [0, 0.1) is 6.92 Å². The lowest BCUT2D eigenvalue weighted by molar-refractivity contribution is -0.110. The minimum atomic E-state index is -0.846. The maximum absolute atomic E-state index is 13.5. The largest absolute Gasteiger partial charge is 0.462 e. The van der Waals surface area contributed by atoms with Crippen molar-refractivity contribution >= 4 is 47.5 Å². The van der Waals surface area contributed by atoms with E-state index in [4.69, 9.17) is 23.9 Å². The average molecular weight is 736 g/mol. The lowest BCUT2D eigenvalue weighted by atomic mass is 10.1. The van der Waals surface area contributed by atoms with E-state index in [9.17, 15) is 24.0 Å². The maximum atomic E-state index is 13.5. The molecular weight excluding hydrogens is 686 g/mol. The molecule has 0 spiro atoms. The van der Waals surface area contributed by atoms with Crippen molar-refractivity contribution in [3.63, 3.8) is 0 Å². The molecule has 0 atom stereocenters. The van der Waals surface area contributed by atoms with E-state index in [0.717, 1.165) is 4.68 Å². The highest BCUT2D eigenvalue weighted by molar-refractivity contribution is 6.34. The van der Waals surface area contributed by atoms with Crippen LogP contribution in [-0.4, -0.2) is 91.3 Å². The number of rotatable bonds is 9. The maximum Gasteiger partial charge on any atom is 0.435 e. The normalized spacial score (nSPS) is 13.6. The number of carbonyl (C=O) groups is 5. The van der Waals surface area contributed by atoms with Gasteiger partial charge in [0.1, 0.15) is 22.5 Å². The van der Waals surface area contributed by atoms with Gasteiger partial charge in [-0.2, -0.15) is 9.78 Å². The van der Waals surface area contributed by atoms with Gasteiger partial charge in [-0.3, -0.25) is 4.79 Å². The third-order valence-electron chi connectivity index (χ3n) is 7.10. The number of aromatic amines is 1. The molecule has 0 unspecified atom stereocenters. The first-order valence-electron chi connectivity index (χ1n) is 17.2. The number of pyridine rings is 1. The smallest absolute Gasteiger partial charge is 0.435 e. The van der Waals surface area contributed by atoms with E-state index < -0.39 is 47.0 Å². The minimum Gasteiger partial charge on any atom is -0.462 e. The minimum absolute atomic E-state index is 0.00577. The molecule has 3 amide bonds. The van der Waals surface area contributed by atoms with Gasteiger partial charge < -0.3 is 39.5 Å². The van der Waals surface area contributed by atoms with Crippen molar-refractivity contribution in [1.29, 1.82) is 0 Å². The summed E-state index contributed by atoms with van der Waals surface area (Å²) in [6.07, 6.45) is 0.846. The van der Waals surface area contributed by atoms with Crippen LogP contribution in [0.3, 0.4) is 0 Å². The molecule has 16 nitrogen and oxygen atoms in total. The lowest BCUT2D eigenvalue weighted by Crippen LogP contribution is -2.42. The molecule has 3 aromatic rings. The van der Waals surface area contributed by atoms with E-state index in [0.29, 0.717) is 28.3 Å². The number of hydrogen-bond donors (Lipinski definition) is 3. The summed E-state index contributed by atoms with van der Waals surface area (Å²) in [5.74, 6) is -0.982. The van der Waals surface area contributed by atoms with Gasteiger partial charge in [0.05, 0.1) is 47.1 Å². The molecular formula is C37H49N7O9. The summed E-state index contributed by atoms with van der Waals surface area (Å²) in [6, 6.07) is 4.94. The van der Waals surface area contributed by atoms with Gasteiger partial charge in [-0.05, 0) is 100 Å². The first-order chi connectivity index (χ1) is 24.5. The van der Waals surface area contributed by atoms with Gasteiger partial charge in [0.25, 0.3) is 5.91 Å². The quantitative estimate of drug-likeness (QED) is 0.127. The van der Waals surface area contributed by atoms with Crippen LogP contribution in [0.15, 0.2) is 24.4 Å². The molecule has 3 aromatic heterocycles. The highest BCUT2D eigenvalue weighted by Gasteiger charge is 2.31. The number of H-pyrrole nitrogens is 1. The molecule has 53 heavy (non-hydrogen) atoms. The van der Waals surface area contributed by atoms with E-state index in [-0.39, 0.29) is 48.8 Å². The Morgan fingerprint density at radius 2 is 1.62 bits per heavy atom. The van der Waals surface area contributed by atoms with Gasteiger partial charge in [-0.15, -0.1) is 0 Å². The summed E-state index contributed by atoms with van der Waals surface area (Å²) in [4.78, 5) is 74.2. The molecule has 286 valence electrons. The molecule has 3 N–H and O–H groups in total. The van der Waals surface area contributed by atoms with Gasteiger partial charge in [0.2, 0.25) is 0 Å². The number of aromatic nitrogens is 4. The van der Waals surface area contributed by atoms with Crippen LogP contribution >= 0.6 is 0 Å². The summed E-state index contributed by atoms with van der Waals surface area (Å²) in [5.41, 5.74) is 0.737. The van der Waals surface area contributed by atoms with Gasteiger partial charge in [0, 0.05) is 30.5 Å². The van der Waals surface area contributed by atoms with E-state index in [2.05, 4.69) is 20.7 Å². The summed E-state index contributed by atoms with van der Waals surface area (Å²) in [6.45, 7) is 19.1. The number of carbonyl (C=O) groups excluding carboxylic acids is 5. The Morgan fingerprint density at radius 1 is 0.962 bits per heavy atom. The third-order valence-corrected chi connectivity index (χ3v) is 7.10. The van der Waals surface area contributed by atoms with Gasteiger partial charge in [0.15, 0.2) is 0 Å². The van der Waals surface area contributed by atoms with Crippen LogP contribution in [0.5, 0.6) is 0 Å². The van der Waals surface area contributed by atoms with E-state index in [1.807, 2.05) is 0 Å².